The van der Waals surface area contributed by atoms with Crippen LogP contribution in [0.1, 0.15) is 53.0 Å². The van der Waals surface area contributed by atoms with Crippen LogP contribution in [-0.2, 0) is 11.2 Å². The molecule has 1 aromatic heterocycles. The summed E-state index contributed by atoms with van der Waals surface area (Å²) >= 11 is 0. The van der Waals surface area contributed by atoms with Crippen LogP contribution in [0.5, 0.6) is 0 Å². The Labute approximate surface area is 197 Å². The third kappa shape index (κ3) is 5.24. The van der Waals surface area contributed by atoms with Gasteiger partial charge < -0.3 is 9.80 Å². The maximum absolute atomic E-state index is 13.3. The normalized spacial score (nSPS) is 14.9. The summed E-state index contributed by atoms with van der Waals surface area (Å²) in [7, 11) is 0. The van der Waals surface area contributed by atoms with Crippen LogP contribution in [0.3, 0.4) is 0 Å². The number of nitrogens with zero attached hydrogens (tertiary/aromatic N) is 4. The first-order valence-corrected chi connectivity index (χ1v) is 11.9. The van der Waals surface area contributed by atoms with Crippen molar-refractivity contribution < 1.29 is 4.79 Å². The molecule has 0 spiro atoms. The molecule has 0 bridgehead atoms. The zero-order valence-electron chi connectivity index (χ0n) is 20.2. The third-order valence-electron chi connectivity index (χ3n) is 6.57. The van der Waals surface area contributed by atoms with E-state index in [1.54, 1.807) is 0 Å². The molecule has 0 aliphatic carbocycles. The quantitative estimate of drug-likeness (QED) is 0.548. The van der Waals surface area contributed by atoms with Gasteiger partial charge in [-0.15, -0.1) is 0 Å². The lowest BCUT2D eigenvalue weighted by atomic mass is 9.94. The molecule has 1 amide bonds. The predicted molar refractivity (Wildman–Crippen MR) is 134 cm³/mol. The molecule has 1 fully saturated rings. The van der Waals surface area contributed by atoms with E-state index in [9.17, 15) is 4.79 Å². The Morgan fingerprint density at radius 1 is 0.939 bits per heavy atom. The van der Waals surface area contributed by atoms with Crippen LogP contribution in [0.15, 0.2) is 54.6 Å². The number of aromatic nitrogens is 2. The van der Waals surface area contributed by atoms with Gasteiger partial charge in [0.25, 0.3) is 0 Å². The summed E-state index contributed by atoms with van der Waals surface area (Å²) in [5, 5.41) is 0. The number of piperazine rings is 1. The Hall–Kier alpha value is -3.21. The van der Waals surface area contributed by atoms with Crippen molar-refractivity contribution in [3.8, 4) is 0 Å². The van der Waals surface area contributed by atoms with E-state index in [1.807, 2.05) is 30.0 Å². The number of anilines is 1. The minimum Gasteiger partial charge on any atom is -0.353 e. The molecule has 1 aliphatic rings. The Bertz CT molecular complexity index is 1100. The molecule has 5 heteroatoms. The lowest BCUT2D eigenvalue weighted by molar-refractivity contribution is -0.133. The molecule has 3 aromatic rings. The van der Waals surface area contributed by atoms with Gasteiger partial charge in [0.2, 0.25) is 5.91 Å². The molecular formula is C28H34N4O. The Morgan fingerprint density at radius 3 is 2.33 bits per heavy atom. The maximum Gasteiger partial charge on any atom is 0.230 e. The predicted octanol–water partition coefficient (Wildman–Crippen LogP) is 4.84. The zero-order valence-corrected chi connectivity index (χ0v) is 20.2. The van der Waals surface area contributed by atoms with Gasteiger partial charge in [0.1, 0.15) is 11.6 Å². The van der Waals surface area contributed by atoms with E-state index in [1.165, 1.54) is 16.7 Å². The van der Waals surface area contributed by atoms with E-state index in [2.05, 4.69) is 67.1 Å². The fourth-order valence-corrected chi connectivity index (χ4v) is 4.81. The average molecular weight is 443 g/mol. The number of hydrogen-bond acceptors (Lipinski definition) is 4. The van der Waals surface area contributed by atoms with Crippen molar-refractivity contribution in [2.24, 2.45) is 0 Å². The minimum atomic E-state index is -0.0711. The molecular weight excluding hydrogens is 408 g/mol. The van der Waals surface area contributed by atoms with Crippen LogP contribution >= 0.6 is 0 Å². The van der Waals surface area contributed by atoms with Crippen molar-refractivity contribution in [1.29, 1.82) is 0 Å². The summed E-state index contributed by atoms with van der Waals surface area (Å²) < 4.78 is 0. The zero-order chi connectivity index (χ0) is 23.4. The molecule has 5 nitrogen and oxygen atoms in total. The number of carbonyl (C=O) groups is 1. The third-order valence-corrected chi connectivity index (χ3v) is 6.57. The molecule has 172 valence electrons. The number of rotatable bonds is 6. The van der Waals surface area contributed by atoms with Crippen LogP contribution in [0, 0.1) is 20.8 Å². The second-order valence-electron chi connectivity index (χ2n) is 9.01. The second kappa shape index (κ2) is 10.2. The number of hydrogen-bond donors (Lipinski definition) is 0. The highest BCUT2D eigenvalue weighted by molar-refractivity contribution is 5.84. The fraction of sp³-hybridized carbons (Fsp3) is 0.393. The van der Waals surface area contributed by atoms with Crippen LogP contribution in [-0.4, -0.2) is 47.0 Å². The number of benzene rings is 2. The summed E-state index contributed by atoms with van der Waals surface area (Å²) in [6, 6.07) is 18.8. The van der Waals surface area contributed by atoms with Gasteiger partial charge in [0.05, 0.1) is 5.92 Å². The summed E-state index contributed by atoms with van der Waals surface area (Å²) in [4.78, 5) is 27.2. The smallest absolute Gasteiger partial charge is 0.230 e. The highest BCUT2D eigenvalue weighted by atomic mass is 16.2. The largest absolute Gasteiger partial charge is 0.353 e. The first kappa shape index (κ1) is 23.0. The summed E-state index contributed by atoms with van der Waals surface area (Å²) in [5.41, 5.74) is 5.86. The van der Waals surface area contributed by atoms with Crippen molar-refractivity contribution in [2.45, 2.75) is 46.5 Å². The van der Waals surface area contributed by atoms with Gasteiger partial charge in [-0.25, -0.2) is 9.97 Å². The Balaban J connectivity index is 1.51. The van der Waals surface area contributed by atoms with Gasteiger partial charge in [-0.2, -0.15) is 0 Å². The van der Waals surface area contributed by atoms with Gasteiger partial charge in [-0.3, -0.25) is 4.79 Å². The average Bonchev–Trinajstić information content (AvgIpc) is 2.82. The number of amides is 1. The minimum absolute atomic E-state index is 0.0711. The molecule has 0 N–H and O–H groups in total. The van der Waals surface area contributed by atoms with E-state index in [-0.39, 0.29) is 11.8 Å². The van der Waals surface area contributed by atoms with Gasteiger partial charge in [0, 0.05) is 43.9 Å². The molecule has 2 aromatic carbocycles. The second-order valence-corrected chi connectivity index (χ2v) is 9.01. The summed E-state index contributed by atoms with van der Waals surface area (Å²) in [6.45, 7) is 11.3. The summed E-state index contributed by atoms with van der Waals surface area (Å²) in [5.74, 6) is 1.98. The van der Waals surface area contributed by atoms with Crippen molar-refractivity contribution >= 4 is 11.7 Å². The van der Waals surface area contributed by atoms with Crippen molar-refractivity contribution in [3.63, 3.8) is 0 Å². The first-order chi connectivity index (χ1) is 16.0. The Kier molecular flexibility index (Phi) is 7.07. The molecule has 0 saturated carbocycles. The van der Waals surface area contributed by atoms with E-state index in [0.717, 1.165) is 48.8 Å². The van der Waals surface area contributed by atoms with E-state index >= 15 is 0 Å². The molecule has 0 unspecified atom stereocenters. The fourth-order valence-electron chi connectivity index (χ4n) is 4.81. The monoisotopic (exact) mass is 442 g/mol. The summed E-state index contributed by atoms with van der Waals surface area (Å²) in [6.07, 6.45) is 1.63. The number of aryl methyl sites for hydroxylation is 3. The Morgan fingerprint density at radius 2 is 1.67 bits per heavy atom. The molecule has 2 heterocycles. The standard InChI is InChI=1S/C28H34N4O/c1-5-25(24-12-7-6-8-13-24)28(33)32-16-14-31(15-17-32)27-26(21(3)29-22(4)30-27)19-23-11-9-10-20(2)18-23/h6-13,18,25H,5,14-17,19H2,1-4H3/t25-/m1/s1. The van der Waals surface area contributed by atoms with Crippen LogP contribution in [0.2, 0.25) is 0 Å². The van der Waals surface area contributed by atoms with Crippen molar-refractivity contribution in [2.75, 3.05) is 31.1 Å². The SMILES string of the molecule is CC[C@@H](C(=O)N1CCN(c2nc(C)nc(C)c2Cc2cccc(C)c2)CC1)c1ccccc1. The molecule has 1 saturated heterocycles. The van der Waals surface area contributed by atoms with Gasteiger partial charge >= 0.3 is 0 Å². The number of carbonyl (C=O) groups excluding carboxylic acids is 1. The molecule has 0 radical (unpaired) electrons. The van der Waals surface area contributed by atoms with Gasteiger partial charge in [0.15, 0.2) is 0 Å². The van der Waals surface area contributed by atoms with Crippen molar-refractivity contribution in [1.82, 2.24) is 14.9 Å². The topological polar surface area (TPSA) is 49.3 Å². The highest BCUT2D eigenvalue weighted by Crippen LogP contribution is 2.27. The molecule has 1 aliphatic heterocycles. The van der Waals surface area contributed by atoms with Crippen LogP contribution in [0.25, 0.3) is 0 Å². The van der Waals surface area contributed by atoms with Crippen LogP contribution < -0.4 is 4.90 Å². The molecule has 4 rings (SSSR count). The van der Waals surface area contributed by atoms with E-state index in [0.29, 0.717) is 13.1 Å². The van der Waals surface area contributed by atoms with Crippen molar-refractivity contribution in [3.05, 3.63) is 88.4 Å². The van der Waals surface area contributed by atoms with E-state index < -0.39 is 0 Å². The molecule has 33 heavy (non-hydrogen) atoms. The van der Waals surface area contributed by atoms with Gasteiger partial charge in [-0.1, -0.05) is 67.1 Å². The van der Waals surface area contributed by atoms with Gasteiger partial charge in [-0.05, 0) is 38.3 Å². The lowest BCUT2D eigenvalue weighted by Gasteiger charge is -2.38. The van der Waals surface area contributed by atoms with Crippen LogP contribution in [0.4, 0.5) is 5.82 Å². The first-order valence-electron chi connectivity index (χ1n) is 11.9. The van der Waals surface area contributed by atoms with E-state index in [4.69, 9.17) is 4.98 Å². The maximum atomic E-state index is 13.3. The molecule has 1 atom stereocenters. The highest BCUT2D eigenvalue weighted by Gasteiger charge is 2.29. The lowest BCUT2D eigenvalue weighted by Crippen LogP contribution is -2.50.